The normalized spacial score (nSPS) is 16.0. The summed E-state index contributed by atoms with van der Waals surface area (Å²) in [6, 6.07) is 13.9. The molecular formula is C18H21ClN4O2S. The first-order valence-electron chi connectivity index (χ1n) is 8.28. The highest BCUT2D eigenvalue weighted by molar-refractivity contribution is 7.90. The van der Waals surface area contributed by atoms with Crippen molar-refractivity contribution in [3.8, 4) is 0 Å². The largest absolute Gasteiger partial charge is 0.369 e. The highest BCUT2D eigenvalue weighted by atomic mass is 35.5. The maximum atomic E-state index is 12.3. The van der Waals surface area contributed by atoms with Crippen molar-refractivity contribution in [3.63, 3.8) is 0 Å². The molecule has 0 bridgehead atoms. The zero-order valence-corrected chi connectivity index (χ0v) is 16.0. The number of halogens is 1. The van der Waals surface area contributed by atoms with Crippen LogP contribution in [0.3, 0.4) is 0 Å². The van der Waals surface area contributed by atoms with Gasteiger partial charge >= 0.3 is 0 Å². The van der Waals surface area contributed by atoms with Gasteiger partial charge in [-0.15, -0.1) is 4.40 Å². The second kappa shape index (κ2) is 7.55. The van der Waals surface area contributed by atoms with Crippen LogP contribution in [0.15, 0.2) is 57.8 Å². The van der Waals surface area contributed by atoms with Gasteiger partial charge in [0, 0.05) is 36.9 Å². The van der Waals surface area contributed by atoms with Crippen molar-refractivity contribution in [2.24, 2.45) is 10.1 Å². The minimum atomic E-state index is -3.80. The molecule has 6 nitrogen and oxygen atoms in total. The van der Waals surface area contributed by atoms with Gasteiger partial charge in [-0.25, -0.2) is 0 Å². The van der Waals surface area contributed by atoms with E-state index in [4.69, 9.17) is 17.3 Å². The first-order valence-corrected chi connectivity index (χ1v) is 10.1. The Kier molecular flexibility index (Phi) is 5.38. The Morgan fingerprint density at radius 2 is 1.73 bits per heavy atom. The first kappa shape index (κ1) is 18.5. The molecule has 1 saturated heterocycles. The van der Waals surface area contributed by atoms with Crippen LogP contribution in [0.4, 0.5) is 5.69 Å². The fourth-order valence-electron chi connectivity index (χ4n) is 2.93. The number of guanidine groups is 1. The number of hydrogen-bond donors (Lipinski definition) is 1. The van der Waals surface area contributed by atoms with Crippen molar-refractivity contribution in [3.05, 3.63) is 59.1 Å². The lowest BCUT2D eigenvalue weighted by Crippen LogP contribution is -2.51. The van der Waals surface area contributed by atoms with Gasteiger partial charge in [0.05, 0.1) is 4.90 Å². The highest BCUT2D eigenvalue weighted by Crippen LogP contribution is 2.25. The van der Waals surface area contributed by atoms with Crippen molar-refractivity contribution >= 4 is 33.3 Å². The second-order valence-corrected chi connectivity index (χ2v) is 8.18. The van der Waals surface area contributed by atoms with E-state index >= 15 is 0 Å². The SMILES string of the molecule is Cc1ccc(Cl)cc1N1CCN(C(N)=NS(=O)(=O)c2ccccc2)CC1. The summed E-state index contributed by atoms with van der Waals surface area (Å²) in [7, 11) is -3.80. The fourth-order valence-corrected chi connectivity index (χ4v) is 4.06. The fraction of sp³-hybridized carbons (Fsp3) is 0.278. The van der Waals surface area contributed by atoms with E-state index in [1.54, 1.807) is 23.1 Å². The summed E-state index contributed by atoms with van der Waals surface area (Å²) < 4.78 is 28.5. The number of anilines is 1. The van der Waals surface area contributed by atoms with E-state index in [1.807, 2.05) is 25.1 Å². The van der Waals surface area contributed by atoms with E-state index in [0.29, 0.717) is 31.2 Å². The molecule has 138 valence electrons. The van der Waals surface area contributed by atoms with Crippen LogP contribution in [0.25, 0.3) is 0 Å². The molecule has 2 N–H and O–H groups in total. The van der Waals surface area contributed by atoms with Gasteiger partial charge in [-0.2, -0.15) is 8.42 Å². The van der Waals surface area contributed by atoms with Crippen molar-refractivity contribution in [1.29, 1.82) is 0 Å². The molecular weight excluding hydrogens is 372 g/mol. The standard InChI is InChI=1S/C18H21ClN4O2S/c1-14-7-8-15(19)13-17(14)22-9-11-23(12-10-22)18(20)21-26(24,25)16-5-3-2-4-6-16/h2-8,13H,9-12H2,1H3,(H2,20,21). The molecule has 26 heavy (non-hydrogen) atoms. The Balaban J connectivity index is 1.70. The Morgan fingerprint density at radius 1 is 1.08 bits per heavy atom. The summed E-state index contributed by atoms with van der Waals surface area (Å²) in [5, 5.41) is 0.697. The van der Waals surface area contributed by atoms with E-state index in [-0.39, 0.29) is 10.9 Å². The molecule has 2 aromatic rings. The van der Waals surface area contributed by atoms with Crippen LogP contribution in [0.5, 0.6) is 0 Å². The van der Waals surface area contributed by atoms with Gasteiger partial charge in [0.15, 0.2) is 0 Å². The summed E-state index contributed by atoms with van der Waals surface area (Å²) in [5.41, 5.74) is 8.20. The summed E-state index contributed by atoms with van der Waals surface area (Å²) in [5.74, 6) is 0.0244. The summed E-state index contributed by atoms with van der Waals surface area (Å²) in [6.45, 7) is 4.64. The van der Waals surface area contributed by atoms with Gasteiger partial charge in [0.25, 0.3) is 10.0 Å². The van der Waals surface area contributed by atoms with Crippen molar-refractivity contribution in [1.82, 2.24) is 4.90 Å². The number of nitrogens with two attached hydrogens (primary N) is 1. The zero-order valence-electron chi connectivity index (χ0n) is 14.5. The van der Waals surface area contributed by atoms with Gasteiger partial charge in [-0.1, -0.05) is 35.9 Å². The third-order valence-corrected chi connectivity index (χ3v) is 5.90. The molecule has 0 saturated carbocycles. The molecule has 0 spiro atoms. The number of piperazine rings is 1. The Morgan fingerprint density at radius 3 is 2.38 bits per heavy atom. The smallest absolute Gasteiger partial charge is 0.285 e. The Labute approximate surface area is 158 Å². The molecule has 8 heteroatoms. The number of aryl methyl sites for hydroxylation is 1. The van der Waals surface area contributed by atoms with Gasteiger partial charge in [-0.3, -0.25) is 0 Å². The summed E-state index contributed by atoms with van der Waals surface area (Å²) in [6.07, 6.45) is 0. The van der Waals surface area contributed by atoms with Crippen LogP contribution in [0.2, 0.25) is 5.02 Å². The van der Waals surface area contributed by atoms with Gasteiger partial charge in [-0.05, 0) is 36.8 Å². The van der Waals surface area contributed by atoms with E-state index in [9.17, 15) is 8.42 Å². The van der Waals surface area contributed by atoms with Gasteiger partial charge in [0.2, 0.25) is 5.96 Å². The maximum absolute atomic E-state index is 12.3. The summed E-state index contributed by atoms with van der Waals surface area (Å²) in [4.78, 5) is 4.14. The molecule has 1 fully saturated rings. The monoisotopic (exact) mass is 392 g/mol. The molecule has 0 unspecified atom stereocenters. The van der Waals surface area contributed by atoms with Crippen molar-refractivity contribution < 1.29 is 8.42 Å². The number of hydrogen-bond acceptors (Lipinski definition) is 3. The van der Waals surface area contributed by atoms with Crippen LogP contribution >= 0.6 is 11.6 Å². The van der Waals surface area contributed by atoms with Crippen LogP contribution in [0.1, 0.15) is 5.56 Å². The molecule has 1 aliphatic heterocycles. The van der Waals surface area contributed by atoms with Crippen LogP contribution in [0, 0.1) is 6.92 Å². The lowest BCUT2D eigenvalue weighted by atomic mass is 10.1. The molecule has 2 aromatic carbocycles. The van der Waals surface area contributed by atoms with E-state index in [0.717, 1.165) is 11.3 Å². The minimum absolute atomic E-state index is 0.0244. The summed E-state index contributed by atoms with van der Waals surface area (Å²) >= 11 is 6.10. The van der Waals surface area contributed by atoms with Crippen LogP contribution in [-0.2, 0) is 10.0 Å². The average Bonchev–Trinajstić information content (AvgIpc) is 2.64. The van der Waals surface area contributed by atoms with Crippen LogP contribution < -0.4 is 10.6 Å². The minimum Gasteiger partial charge on any atom is -0.369 e. The van der Waals surface area contributed by atoms with Crippen molar-refractivity contribution in [2.45, 2.75) is 11.8 Å². The molecule has 3 rings (SSSR count). The molecule has 0 atom stereocenters. The molecule has 0 radical (unpaired) electrons. The topological polar surface area (TPSA) is 79.0 Å². The highest BCUT2D eigenvalue weighted by Gasteiger charge is 2.22. The Hall–Kier alpha value is -2.25. The average molecular weight is 393 g/mol. The number of nitrogens with zero attached hydrogens (tertiary/aromatic N) is 3. The van der Waals surface area contributed by atoms with E-state index in [2.05, 4.69) is 9.30 Å². The third-order valence-electron chi connectivity index (χ3n) is 4.37. The van der Waals surface area contributed by atoms with Gasteiger partial charge in [0.1, 0.15) is 0 Å². The van der Waals surface area contributed by atoms with E-state index in [1.165, 1.54) is 12.1 Å². The first-order chi connectivity index (χ1) is 12.4. The lowest BCUT2D eigenvalue weighted by Gasteiger charge is -2.37. The molecule has 1 aliphatic rings. The second-order valence-electron chi connectivity index (χ2n) is 6.14. The van der Waals surface area contributed by atoms with Crippen molar-refractivity contribution in [2.75, 3.05) is 31.1 Å². The maximum Gasteiger partial charge on any atom is 0.285 e. The molecule has 0 aliphatic carbocycles. The van der Waals surface area contributed by atoms with Gasteiger partial charge < -0.3 is 15.5 Å². The van der Waals surface area contributed by atoms with E-state index < -0.39 is 10.0 Å². The molecule has 0 aromatic heterocycles. The third kappa shape index (κ3) is 4.11. The lowest BCUT2D eigenvalue weighted by molar-refractivity contribution is 0.382. The van der Waals surface area contributed by atoms with Crippen LogP contribution in [-0.4, -0.2) is 45.5 Å². The number of benzene rings is 2. The number of sulfonamides is 1. The number of rotatable bonds is 3. The quantitative estimate of drug-likeness (QED) is 0.641. The predicted molar refractivity (Wildman–Crippen MR) is 105 cm³/mol. The Bertz CT molecular complexity index is 908. The predicted octanol–water partition coefficient (Wildman–Crippen LogP) is 2.47. The molecule has 1 heterocycles. The molecule has 0 amide bonds. The zero-order chi connectivity index (χ0) is 18.7.